The van der Waals surface area contributed by atoms with E-state index in [2.05, 4.69) is 0 Å². The molecule has 28 heavy (non-hydrogen) atoms. The summed E-state index contributed by atoms with van der Waals surface area (Å²) in [6, 6.07) is 12.1. The number of aryl methyl sites for hydroxylation is 2. The van der Waals surface area contributed by atoms with Gasteiger partial charge < -0.3 is 5.32 Å². The van der Waals surface area contributed by atoms with Gasteiger partial charge in [0, 0.05) is 21.0 Å². The zero-order valence-electron chi connectivity index (χ0n) is 16.5. The molecule has 0 amide bonds. The van der Waals surface area contributed by atoms with E-state index in [1.54, 1.807) is 13.8 Å². The molecule has 2 N–H and O–H groups in total. The molecule has 4 atom stereocenters. The summed E-state index contributed by atoms with van der Waals surface area (Å²) in [6.07, 6.45) is 0. The fourth-order valence-corrected chi connectivity index (χ4v) is 4.50. The quantitative estimate of drug-likeness (QED) is 0.646. The van der Waals surface area contributed by atoms with Gasteiger partial charge in [-0.05, 0) is 27.7 Å². The van der Waals surface area contributed by atoms with Gasteiger partial charge in [0.25, 0.3) is 12.1 Å². The minimum atomic E-state index is -1.13. The number of rotatable bonds is 4. The van der Waals surface area contributed by atoms with Gasteiger partial charge in [0.05, 0.1) is 0 Å². The van der Waals surface area contributed by atoms with E-state index in [0.29, 0.717) is 0 Å². The van der Waals surface area contributed by atoms with Crippen LogP contribution < -0.4 is 5.32 Å². The largest absolute Gasteiger partial charge is 0.322 e. The molecule has 0 bridgehead atoms. The van der Waals surface area contributed by atoms with Crippen LogP contribution >= 0.6 is 0 Å². The number of nitrogens with two attached hydrogens (primary N) is 1. The van der Waals surface area contributed by atoms with Crippen LogP contribution in [0.4, 0.5) is 0 Å². The number of quaternary nitrogens is 1. The third kappa shape index (κ3) is 3.49. The highest BCUT2D eigenvalue weighted by Crippen LogP contribution is 2.43. The minimum absolute atomic E-state index is 0.344. The fraction of sp³-hybridized carbons (Fsp3) is 0.429. The first kappa shape index (κ1) is 19.9. The summed E-state index contributed by atoms with van der Waals surface area (Å²) in [5.41, 5.74) is 2.63. The van der Waals surface area contributed by atoms with Crippen LogP contribution in [0, 0.1) is 39.5 Å². The molecule has 0 spiro atoms. The average Bonchev–Trinajstić information content (AvgIpc) is 2.60. The summed E-state index contributed by atoms with van der Waals surface area (Å²) in [5.74, 6) is 0. The number of nitro groups is 2. The molecule has 0 unspecified atom stereocenters. The maximum Gasteiger partial charge on any atom is 0.279 e. The van der Waals surface area contributed by atoms with Crippen LogP contribution in [0.1, 0.15) is 48.2 Å². The Bertz CT molecular complexity index is 806. The van der Waals surface area contributed by atoms with Crippen LogP contribution in [0.3, 0.4) is 0 Å². The molecule has 148 valence electrons. The fourth-order valence-electron chi connectivity index (χ4n) is 4.50. The van der Waals surface area contributed by atoms with Gasteiger partial charge in [0.2, 0.25) is 0 Å². The Hall–Kier alpha value is -2.80. The molecule has 0 radical (unpaired) electrons. The van der Waals surface area contributed by atoms with Gasteiger partial charge in [0.1, 0.15) is 5.41 Å². The Balaban J connectivity index is 2.14. The van der Waals surface area contributed by atoms with E-state index in [4.69, 9.17) is 0 Å². The van der Waals surface area contributed by atoms with Crippen molar-refractivity contribution >= 4 is 0 Å². The van der Waals surface area contributed by atoms with Crippen molar-refractivity contribution in [3.8, 4) is 0 Å². The topological polar surface area (TPSA) is 103 Å². The van der Waals surface area contributed by atoms with Crippen molar-refractivity contribution in [3.63, 3.8) is 0 Å². The van der Waals surface area contributed by atoms with Gasteiger partial charge in [-0.2, -0.15) is 0 Å². The van der Waals surface area contributed by atoms with E-state index >= 15 is 0 Å². The number of hydrogen-bond acceptors (Lipinski definition) is 4. The molecule has 2 aromatic rings. The maximum atomic E-state index is 12.0. The van der Waals surface area contributed by atoms with Crippen molar-refractivity contribution in [2.24, 2.45) is 5.41 Å². The third-order valence-corrected chi connectivity index (χ3v) is 6.00. The van der Waals surface area contributed by atoms with E-state index in [1.807, 2.05) is 67.7 Å². The number of piperidine rings is 1. The van der Waals surface area contributed by atoms with Crippen LogP contribution in [0.5, 0.6) is 0 Å². The average molecular weight is 384 g/mol. The lowest BCUT2D eigenvalue weighted by molar-refractivity contribution is -0.818. The smallest absolute Gasteiger partial charge is 0.279 e. The molecule has 7 heteroatoms. The molecule has 1 fully saturated rings. The van der Waals surface area contributed by atoms with Gasteiger partial charge in [-0.3, -0.25) is 20.2 Å². The molecule has 0 aliphatic carbocycles. The molecule has 1 heterocycles. The van der Waals surface area contributed by atoms with Crippen molar-refractivity contribution in [2.75, 3.05) is 0 Å². The van der Waals surface area contributed by atoms with Crippen molar-refractivity contribution in [3.05, 3.63) is 91.0 Å². The second kappa shape index (κ2) is 7.31. The van der Waals surface area contributed by atoms with Crippen LogP contribution in [0.2, 0.25) is 0 Å². The molecule has 0 saturated carbocycles. The van der Waals surface area contributed by atoms with Crippen LogP contribution in [-0.2, 0) is 0 Å². The van der Waals surface area contributed by atoms with E-state index in [9.17, 15) is 20.2 Å². The van der Waals surface area contributed by atoms with Crippen molar-refractivity contribution in [1.82, 2.24) is 0 Å². The molecular formula is C21H26N3O4+. The van der Waals surface area contributed by atoms with Gasteiger partial charge in [-0.15, -0.1) is 0 Å². The van der Waals surface area contributed by atoms with E-state index in [1.165, 1.54) is 0 Å². The first-order valence-electron chi connectivity index (χ1n) is 9.38. The number of nitrogens with zero attached hydrogens (tertiary/aromatic N) is 2. The summed E-state index contributed by atoms with van der Waals surface area (Å²) < 4.78 is 0. The Morgan fingerprint density at radius 1 is 0.750 bits per heavy atom. The highest BCUT2D eigenvalue weighted by Gasteiger charge is 2.65. The SMILES string of the molecule is Cc1ccc([C@@H]2[NH2+][C@@H](c3ccc(C)cc3)[C@@H]([N+](=O)[O-])C(C)(C)[C@@H]2[N+](=O)[O-])cc1. The van der Waals surface area contributed by atoms with E-state index in [-0.39, 0.29) is 9.85 Å². The highest BCUT2D eigenvalue weighted by molar-refractivity contribution is 5.28. The summed E-state index contributed by atoms with van der Waals surface area (Å²) in [6.45, 7) is 7.23. The Morgan fingerprint density at radius 2 is 1.07 bits per heavy atom. The minimum Gasteiger partial charge on any atom is -0.322 e. The Kier molecular flexibility index (Phi) is 5.21. The lowest BCUT2D eigenvalue weighted by Gasteiger charge is -2.41. The zero-order chi connectivity index (χ0) is 20.6. The highest BCUT2D eigenvalue weighted by atomic mass is 16.6. The van der Waals surface area contributed by atoms with Crippen LogP contribution in [0.15, 0.2) is 48.5 Å². The molecule has 7 nitrogen and oxygen atoms in total. The zero-order valence-corrected chi connectivity index (χ0v) is 16.5. The lowest BCUT2D eigenvalue weighted by Crippen LogP contribution is -2.96. The first-order chi connectivity index (χ1) is 13.1. The first-order valence-corrected chi connectivity index (χ1v) is 9.38. The van der Waals surface area contributed by atoms with Crippen LogP contribution in [-0.4, -0.2) is 21.9 Å². The van der Waals surface area contributed by atoms with Crippen molar-refractivity contribution < 1.29 is 15.2 Å². The Labute approximate surface area is 164 Å². The molecular weight excluding hydrogens is 358 g/mol. The normalized spacial score (nSPS) is 26.6. The van der Waals surface area contributed by atoms with E-state index < -0.39 is 29.6 Å². The molecule has 1 aliphatic heterocycles. The molecule has 1 saturated heterocycles. The summed E-state index contributed by atoms with van der Waals surface area (Å²) in [5, 5.41) is 25.9. The van der Waals surface area contributed by atoms with Crippen molar-refractivity contribution in [2.45, 2.75) is 51.9 Å². The molecule has 1 aliphatic rings. The second-order valence-electron chi connectivity index (χ2n) is 8.35. The molecule has 2 aromatic carbocycles. The predicted octanol–water partition coefficient (Wildman–Crippen LogP) is 2.98. The van der Waals surface area contributed by atoms with Crippen molar-refractivity contribution in [1.29, 1.82) is 0 Å². The third-order valence-electron chi connectivity index (χ3n) is 6.00. The summed E-state index contributed by atoms with van der Waals surface area (Å²) in [7, 11) is 0. The van der Waals surface area contributed by atoms with Gasteiger partial charge in [-0.25, -0.2) is 0 Å². The summed E-state index contributed by atoms with van der Waals surface area (Å²) >= 11 is 0. The van der Waals surface area contributed by atoms with Gasteiger partial charge in [0.15, 0.2) is 12.1 Å². The Morgan fingerprint density at radius 3 is 1.36 bits per heavy atom. The van der Waals surface area contributed by atoms with E-state index in [0.717, 1.165) is 22.3 Å². The van der Waals surface area contributed by atoms with Gasteiger partial charge in [-0.1, -0.05) is 59.7 Å². The number of benzene rings is 2. The summed E-state index contributed by atoms with van der Waals surface area (Å²) in [4.78, 5) is 23.4. The van der Waals surface area contributed by atoms with Crippen LogP contribution in [0.25, 0.3) is 0 Å². The maximum absolute atomic E-state index is 12.0. The standard InChI is InChI=1S/C21H25N3O4/c1-13-5-9-15(10-6-13)17-19(23(25)26)21(3,4)20(24(27)28)18(22-17)16-11-7-14(2)8-12-16/h5-12,17-20,22H,1-4H3/p+1/t17-,18-,19+,20+/m0/s1. The predicted molar refractivity (Wildman–Crippen MR) is 105 cm³/mol. The molecule has 3 rings (SSSR count). The number of hydrogen-bond donors (Lipinski definition) is 1. The second-order valence-corrected chi connectivity index (χ2v) is 8.35. The molecule has 0 aromatic heterocycles. The monoisotopic (exact) mass is 384 g/mol. The van der Waals surface area contributed by atoms with Gasteiger partial charge >= 0.3 is 0 Å². The lowest BCUT2D eigenvalue weighted by atomic mass is 9.66.